The van der Waals surface area contributed by atoms with Gasteiger partial charge in [0.25, 0.3) is 6.71 Å². The summed E-state index contributed by atoms with van der Waals surface area (Å²) < 4.78 is 368. The second-order valence-electron chi connectivity index (χ2n) is 47.3. The third kappa shape index (κ3) is 15.5. The van der Waals surface area contributed by atoms with Gasteiger partial charge in [-0.05, 0) is 257 Å². The molecule has 2 aliphatic rings. The topological polar surface area (TPSA) is 21.3 Å². The summed E-state index contributed by atoms with van der Waals surface area (Å²) in [6.07, 6.45) is 0. The van der Waals surface area contributed by atoms with E-state index in [1.807, 2.05) is 47.0 Å². The van der Waals surface area contributed by atoms with Crippen LogP contribution in [0, 0.1) is 0 Å². The summed E-state index contributed by atoms with van der Waals surface area (Å²) in [7, 11) is 0. The van der Waals surface area contributed by atoms with Crippen LogP contribution in [0.1, 0.15) is 310 Å². The molecule has 20 rings (SSSR count). The minimum atomic E-state index is -1.60. The summed E-state index contributed by atoms with van der Waals surface area (Å²) in [4.78, 5) is 3.09. The predicted molar refractivity (Wildman–Crippen MR) is 592 cm³/mol. The monoisotopic (exact) mass is 1810 g/mol. The maximum absolute atomic E-state index is 12.0. The molecule has 0 bridgehead atoms. The first-order valence-corrected chi connectivity index (χ1v) is 47.1. The van der Waals surface area contributed by atoms with Crippen LogP contribution in [0.25, 0.3) is 127 Å². The van der Waals surface area contributed by atoms with E-state index in [0.717, 1.165) is 21.9 Å². The van der Waals surface area contributed by atoms with Crippen molar-refractivity contribution in [2.45, 2.75) is 262 Å². The zero-order valence-corrected chi connectivity index (χ0v) is 83.9. The predicted octanol–water partition coefficient (Wildman–Crippen LogP) is 34.7. The molecule has 0 unspecified atom stereocenters. The molecule has 15 aromatic carbocycles. The van der Waals surface area contributed by atoms with Crippen LogP contribution in [-0.4, -0.2) is 20.4 Å². The Labute approximate surface area is 858 Å². The molecule has 0 saturated heterocycles. The highest BCUT2D eigenvalue weighted by atomic mass is 15.2. The van der Waals surface area contributed by atoms with Gasteiger partial charge in [0, 0.05) is 88.7 Å². The van der Waals surface area contributed by atoms with Gasteiger partial charge in [0.2, 0.25) is 0 Å². The second-order valence-corrected chi connectivity index (χ2v) is 47.3. The minimum absolute atomic E-state index is 0.0133. The van der Waals surface area contributed by atoms with Gasteiger partial charge >= 0.3 is 0 Å². The highest BCUT2D eigenvalue weighted by molar-refractivity contribution is 7.00. The molecule has 0 spiro atoms. The Morgan fingerprint density at radius 1 is 0.213 bits per heavy atom. The zero-order valence-electron chi connectivity index (χ0n) is 118. The molecule has 5 nitrogen and oxygen atoms in total. The van der Waals surface area contributed by atoms with Crippen molar-refractivity contribution in [1.82, 2.24) is 13.7 Å². The number of nitrogens with zero attached hydrogens (tertiary/aromatic N) is 5. The number of hydrogen-bond donors (Lipinski definition) is 0. The first kappa shape index (κ1) is 59.4. The van der Waals surface area contributed by atoms with Gasteiger partial charge in [-0.1, -0.05) is 389 Å². The van der Waals surface area contributed by atoms with Gasteiger partial charge in [-0.2, -0.15) is 0 Å². The lowest BCUT2D eigenvalue weighted by Crippen LogP contribution is -2.61. The maximum Gasteiger partial charge on any atom is 0.252 e. The Morgan fingerprint density at radius 2 is 0.522 bits per heavy atom. The fraction of sp³-hybridized carbons (Fsp3) is 0.308. The number of aromatic nitrogens is 3. The van der Waals surface area contributed by atoms with Crippen molar-refractivity contribution in [1.29, 1.82) is 0 Å². The molecular weight excluding hydrogens is 1640 g/mol. The van der Waals surface area contributed by atoms with Crippen molar-refractivity contribution in [3.05, 3.63) is 346 Å². The molecule has 136 heavy (non-hydrogen) atoms. The summed E-state index contributed by atoms with van der Waals surface area (Å²) >= 11 is 0. The number of para-hydroxylation sites is 4. The molecule has 0 fully saturated rings. The van der Waals surface area contributed by atoms with E-state index in [0.29, 0.717) is 16.7 Å². The Kier molecular flexibility index (Phi) is 13.7. The summed E-state index contributed by atoms with van der Waals surface area (Å²) in [5.74, 6) is 0. The number of anilines is 6. The Hall–Kier alpha value is -12.6. The van der Waals surface area contributed by atoms with Crippen LogP contribution in [-0.2, 0) is 54.1 Å². The van der Waals surface area contributed by atoms with E-state index < -0.39 is 338 Å². The molecule has 0 aliphatic carbocycles. The molecule has 6 heteroatoms. The number of benzene rings is 15. The van der Waals surface area contributed by atoms with Crippen molar-refractivity contribution in [2.75, 3.05) is 9.80 Å². The molecule has 686 valence electrons. The Morgan fingerprint density at radius 3 is 0.882 bits per heavy atom. The van der Waals surface area contributed by atoms with Crippen molar-refractivity contribution >= 4 is 123 Å². The zero-order chi connectivity index (χ0) is 126. The summed E-state index contributed by atoms with van der Waals surface area (Å²) in [6.45, 7) is 52.8. The average Bonchev–Trinajstić information content (AvgIpc) is 1.53. The largest absolute Gasteiger partial charge is 0.310 e. The van der Waals surface area contributed by atoms with Crippen LogP contribution >= 0.6 is 0 Å². The van der Waals surface area contributed by atoms with Crippen molar-refractivity contribution in [2.24, 2.45) is 0 Å². The van der Waals surface area contributed by atoms with Crippen LogP contribution < -0.4 is 26.2 Å². The normalized spacial score (nSPS) is 17.3. The quantitative estimate of drug-likeness (QED) is 0.134. The highest BCUT2D eigenvalue weighted by Crippen LogP contribution is 2.58. The van der Waals surface area contributed by atoms with E-state index in [1.54, 1.807) is 177 Å². The lowest BCUT2D eigenvalue weighted by Gasteiger charge is -2.46. The van der Waals surface area contributed by atoms with Crippen molar-refractivity contribution in [3.63, 3.8) is 0 Å². The number of hydrogen-bond acceptors (Lipinski definition) is 2. The first-order valence-electron chi connectivity index (χ1n) is 64.1. The van der Waals surface area contributed by atoms with E-state index in [9.17, 15) is 46.6 Å². The van der Waals surface area contributed by atoms with Gasteiger partial charge in [-0.25, -0.2) is 0 Å². The van der Waals surface area contributed by atoms with E-state index >= 15 is 0 Å². The van der Waals surface area contributed by atoms with Gasteiger partial charge in [0.15, 0.2) is 0 Å². The van der Waals surface area contributed by atoms with Gasteiger partial charge in [0.05, 0.1) is 96.8 Å². The van der Waals surface area contributed by atoms with E-state index in [-0.39, 0.29) is 123 Å². The van der Waals surface area contributed by atoms with E-state index in [1.165, 1.54) is 38.3 Å². The molecular formula is C130H138BN5. The lowest BCUT2D eigenvalue weighted by atomic mass is 9.33. The summed E-state index contributed by atoms with van der Waals surface area (Å²) in [5.41, 5.74) is -16.5. The maximum atomic E-state index is 12.0. The minimum Gasteiger partial charge on any atom is -0.310 e. The molecule has 0 amide bonds. The molecule has 0 saturated carbocycles. The fourth-order valence-electron chi connectivity index (χ4n) is 18.9. The molecule has 0 N–H and O–H groups in total. The second kappa shape index (κ2) is 31.5. The fourth-order valence-corrected chi connectivity index (χ4v) is 18.9. The third-order valence-electron chi connectivity index (χ3n) is 26.6. The number of fused-ring (bicyclic) bond motifs is 13. The van der Waals surface area contributed by atoms with Crippen LogP contribution in [0.2, 0.25) is 0 Å². The average molecular weight is 1820 g/mol. The van der Waals surface area contributed by atoms with Gasteiger partial charge in [-0.15, -0.1) is 0 Å². The van der Waals surface area contributed by atoms with Crippen molar-refractivity contribution in [3.8, 4) is 61.6 Å². The standard InChI is InChI=1S/C130H138BN5/c1-121(2,3)82-51-47-79(48-52-82)99-70-89(128(22,23)24)72-101(81-65-87(126(16,17)18)67-88(66-81)127(19,20)21)119(99)135-114-76-92(133-112-63-56-84(123(7,8)9)68-102(112)103-69-85(124(10,11)12)57-64-113(103)133)59-62-106(114)131-107-61-58-91(132-108-43-35-31-39-95(108)96-40-32-36-44-109(96)132)75-115(107)136(117-78-93(77-116(135)118(117)131)134-110-45-37-33-41-97(110)98-42-34-38-46-111(98)134)120-100(80-49-53-83(54-50-80)122(4,5)6)71-90(129(25,26)27)73-104(120)94-60-55-86(125(13,14)15)74-105(94)130(28,29)30/h31-78H,1-30H3/i31D,32D,33D,34D,35D,36D,37D,38D,39D,40D,41D,42D,43D,44D,45D,46D,47D,48D,49D,50D,51D,52D,53D,54D,55D,60D,65D,66D,67D,70D,71D,72D,73D,74D. The molecule has 3 aromatic heterocycles. The molecule has 5 heterocycles. The Balaban J connectivity index is 1.19. The summed E-state index contributed by atoms with van der Waals surface area (Å²) in [5, 5.41) is -0.168. The van der Waals surface area contributed by atoms with Gasteiger partial charge < -0.3 is 23.5 Å². The molecule has 0 atom stereocenters. The van der Waals surface area contributed by atoms with Crippen LogP contribution in [0.4, 0.5) is 34.1 Å². The highest BCUT2D eigenvalue weighted by Gasteiger charge is 2.48. The van der Waals surface area contributed by atoms with E-state index in [2.05, 4.69) is 53.7 Å². The Bertz CT molecular complexity index is 9800. The van der Waals surface area contributed by atoms with Crippen LogP contribution in [0.15, 0.2) is 290 Å². The molecule has 0 radical (unpaired) electrons. The molecule has 2 aliphatic heterocycles. The smallest absolute Gasteiger partial charge is 0.252 e. The molecule has 18 aromatic rings. The SMILES string of the molecule is [2H]c1c([2H])c(C(C)(C)C)c([2H])c([2H])c1-c1c([2H])c(C(C)(C)C)c([2H])c(-c2c([2H])c(C(C)(C)C)c([2H])c(C(C)(C)C)c2[2H])c1N1c2cc(-n3c4ccc(C(C)(C)C)cc4c4cc(C(C)(C)C)ccc43)ccc2B2c3ccc(-n4c5c([2H])c([2H])c([2H])c([2H])c5c5c([2H])c([2H])c([2H])c([2H])c54)cc3N(c3c(-c4c([2H])c([2H])c(C(C)(C)C)c([2H])c4[2H])c([2H])c(C(C)(C)C)c([2H])c3-c3c([2H])c([2H])c(C(C)(C)C)c([2H])c3C(C)(C)C)c3cc(-n4c5c([2H])c([2H])c([2H])c([2H])c5c5c([2H])c([2H])c([2H])c([2H])c54)cc1c32. The van der Waals surface area contributed by atoms with Crippen molar-refractivity contribution < 1.29 is 46.6 Å². The van der Waals surface area contributed by atoms with Gasteiger partial charge in [-0.3, -0.25) is 0 Å². The van der Waals surface area contributed by atoms with Crippen LogP contribution in [0.3, 0.4) is 0 Å². The lowest BCUT2D eigenvalue weighted by molar-refractivity contribution is 0.568. The van der Waals surface area contributed by atoms with E-state index in [4.69, 9.17) is 0 Å². The first-order chi connectivity index (χ1) is 78.0. The number of rotatable bonds is 9. The van der Waals surface area contributed by atoms with Crippen LogP contribution in [0.5, 0.6) is 0 Å². The third-order valence-corrected chi connectivity index (χ3v) is 26.6. The summed E-state index contributed by atoms with van der Waals surface area (Å²) in [6, 6.07) is 1.67. The van der Waals surface area contributed by atoms with Gasteiger partial charge in [0.1, 0.15) is 0 Å².